The molecule has 0 aliphatic heterocycles. The number of carbonyl (C=O) groups excluding carboxylic acids is 1. The van der Waals surface area contributed by atoms with Crippen LogP contribution in [0, 0.1) is 5.92 Å². The molecule has 0 heterocycles. The third-order valence-electron chi connectivity index (χ3n) is 2.21. The van der Waals surface area contributed by atoms with Crippen molar-refractivity contribution in [2.75, 3.05) is 12.0 Å². The lowest BCUT2D eigenvalue weighted by atomic mass is 10.1. The maximum absolute atomic E-state index is 11.7. The van der Waals surface area contributed by atoms with Crippen LogP contribution < -0.4 is 5.43 Å². The molecule has 18 heavy (non-hydrogen) atoms. The Balaban J connectivity index is 2.72. The highest BCUT2D eigenvalue weighted by Gasteiger charge is 2.14. The van der Waals surface area contributed by atoms with Crippen LogP contribution in [0.4, 0.5) is 5.69 Å². The lowest BCUT2D eigenvalue weighted by molar-refractivity contribution is -0.135. The number of nitrogens with one attached hydrogen (secondary N) is 1. The van der Waals surface area contributed by atoms with Crippen LogP contribution in [-0.2, 0) is 9.53 Å². The van der Waals surface area contributed by atoms with E-state index in [1.165, 1.54) is 0 Å². The van der Waals surface area contributed by atoms with Crippen molar-refractivity contribution in [3.8, 4) is 0 Å². The van der Waals surface area contributed by atoms with Crippen molar-refractivity contribution in [3.05, 3.63) is 30.3 Å². The molecule has 0 bridgehead atoms. The third-order valence-corrected chi connectivity index (χ3v) is 2.21. The molecular formula is C14H20N2O2. The molecule has 0 radical (unpaired) electrons. The van der Waals surface area contributed by atoms with E-state index in [0.717, 1.165) is 5.69 Å². The summed E-state index contributed by atoms with van der Waals surface area (Å²) in [5.74, 6) is 0.000334. The van der Waals surface area contributed by atoms with Crippen LogP contribution in [0.5, 0.6) is 0 Å². The van der Waals surface area contributed by atoms with Gasteiger partial charge in [-0.3, -0.25) is 5.43 Å². The van der Waals surface area contributed by atoms with Crippen molar-refractivity contribution in [2.45, 2.75) is 27.2 Å². The first-order valence-corrected chi connectivity index (χ1v) is 6.18. The number of hydrazone groups is 1. The molecule has 1 rings (SSSR count). The summed E-state index contributed by atoms with van der Waals surface area (Å²) in [7, 11) is 0. The molecule has 98 valence electrons. The van der Waals surface area contributed by atoms with E-state index in [4.69, 9.17) is 4.74 Å². The number of nitrogens with zero attached hydrogens (tertiary/aromatic N) is 1. The van der Waals surface area contributed by atoms with Crippen LogP contribution in [0.3, 0.4) is 0 Å². The Morgan fingerprint density at radius 3 is 2.56 bits per heavy atom. The van der Waals surface area contributed by atoms with E-state index < -0.39 is 0 Å². The zero-order valence-electron chi connectivity index (χ0n) is 11.1. The summed E-state index contributed by atoms with van der Waals surface area (Å²) in [6.07, 6.45) is 0.596. The molecule has 4 heteroatoms. The van der Waals surface area contributed by atoms with E-state index in [1.54, 1.807) is 6.92 Å². The Labute approximate surface area is 108 Å². The molecule has 1 aromatic carbocycles. The Morgan fingerprint density at radius 1 is 1.33 bits per heavy atom. The van der Waals surface area contributed by atoms with Crippen molar-refractivity contribution in [1.82, 2.24) is 0 Å². The van der Waals surface area contributed by atoms with Gasteiger partial charge in [-0.15, -0.1) is 0 Å². The normalized spacial score (nSPS) is 11.4. The molecule has 0 amide bonds. The SMILES string of the molecule is CCOC(=O)/C(CC(C)C)=N/Nc1ccccc1. The van der Waals surface area contributed by atoms with Crippen LogP contribution >= 0.6 is 0 Å². The van der Waals surface area contributed by atoms with Crippen LogP contribution in [0.15, 0.2) is 35.4 Å². The number of carbonyl (C=O) groups is 1. The monoisotopic (exact) mass is 248 g/mol. The molecule has 0 aromatic heterocycles. The number of ether oxygens (including phenoxy) is 1. The number of anilines is 1. The number of para-hydroxylation sites is 1. The second-order valence-corrected chi connectivity index (χ2v) is 4.35. The Morgan fingerprint density at radius 2 is 2.00 bits per heavy atom. The Hall–Kier alpha value is -1.84. The highest BCUT2D eigenvalue weighted by molar-refractivity contribution is 6.36. The van der Waals surface area contributed by atoms with E-state index >= 15 is 0 Å². The van der Waals surface area contributed by atoms with Crippen LogP contribution in [0.1, 0.15) is 27.2 Å². The zero-order valence-corrected chi connectivity index (χ0v) is 11.1. The molecule has 1 aromatic rings. The van der Waals surface area contributed by atoms with Gasteiger partial charge in [-0.05, 0) is 25.0 Å². The van der Waals surface area contributed by atoms with Gasteiger partial charge in [0.2, 0.25) is 0 Å². The molecule has 0 unspecified atom stereocenters. The fraction of sp³-hybridized carbons (Fsp3) is 0.429. The van der Waals surface area contributed by atoms with Gasteiger partial charge in [-0.2, -0.15) is 5.10 Å². The van der Waals surface area contributed by atoms with Gasteiger partial charge in [-0.1, -0.05) is 32.0 Å². The first kappa shape index (κ1) is 14.2. The van der Waals surface area contributed by atoms with Gasteiger partial charge >= 0.3 is 5.97 Å². The lowest BCUT2D eigenvalue weighted by Gasteiger charge is -2.09. The molecule has 0 atom stereocenters. The fourth-order valence-corrected chi connectivity index (χ4v) is 1.42. The number of hydrogen-bond donors (Lipinski definition) is 1. The van der Waals surface area contributed by atoms with Crippen molar-refractivity contribution in [1.29, 1.82) is 0 Å². The van der Waals surface area contributed by atoms with E-state index in [1.807, 2.05) is 44.2 Å². The predicted octanol–water partition coefficient (Wildman–Crippen LogP) is 3.06. The van der Waals surface area contributed by atoms with Crippen LogP contribution in [-0.4, -0.2) is 18.3 Å². The number of rotatable bonds is 6. The van der Waals surface area contributed by atoms with Gasteiger partial charge in [0.1, 0.15) is 5.71 Å². The van der Waals surface area contributed by atoms with Gasteiger partial charge in [0, 0.05) is 6.42 Å². The molecule has 0 aliphatic rings. The first-order valence-electron chi connectivity index (χ1n) is 6.18. The second-order valence-electron chi connectivity index (χ2n) is 4.35. The smallest absolute Gasteiger partial charge is 0.354 e. The fourth-order valence-electron chi connectivity index (χ4n) is 1.42. The van der Waals surface area contributed by atoms with Crippen molar-refractivity contribution >= 4 is 17.4 Å². The summed E-state index contributed by atoms with van der Waals surface area (Å²) in [5.41, 5.74) is 4.15. The largest absolute Gasteiger partial charge is 0.461 e. The van der Waals surface area contributed by atoms with Gasteiger partial charge in [0.15, 0.2) is 0 Å². The summed E-state index contributed by atoms with van der Waals surface area (Å²) < 4.78 is 4.98. The van der Waals surface area contributed by atoms with E-state index in [2.05, 4.69) is 10.5 Å². The molecule has 0 saturated heterocycles. The van der Waals surface area contributed by atoms with Crippen LogP contribution in [0.2, 0.25) is 0 Å². The molecular weight excluding hydrogens is 228 g/mol. The molecule has 1 N–H and O–H groups in total. The van der Waals surface area contributed by atoms with Gasteiger partial charge < -0.3 is 4.74 Å². The zero-order chi connectivity index (χ0) is 13.4. The summed E-state index contributed by atoms with van der Waals surface area (Å²) in [6.45, 7) is 6.23. The second kappa shape index (κ2) is 7.48. The van der Waals surface area contributed by atoms with Crippen molar-refractivity contribution in [2.24, 2.45) is 11.0 Å². The summed E-state index contributed by atoms with van der Waals surface area (Å²) in [4.78, 5) is 11.7. The van der Waals surface area contributed by atoms with E-state index in [-0.39, 0.29) is 5.97 Å². The quantitative estimate of drug-likeness (QED) is 0.478. The molecule has 0 spiro atoms. The van der Waals surface area contributed by atoms with Gasteiger partial charge in [0.25, 0.3) is 0 Å². The standard InChI is InChI=1S/C14H20N2O2/c1-4-18-14(17)13(10-11(2)3)16-15-12-8-6-5-7-9-12/h5-9,11,15H,4,10H2,1-3H3/b16-13+. The maximum atomic E-state index is 11.7. The number of hydrogen-bond acceptors (Lipinski definition) is 4. The summed E-state index contributed by atoms with van der Waals surface area (Å²) in [5, 5.41) is 4.14. The van der Waals surface area contributed by atoms with Crippen molar-refractivity contribution < 1.29 is 9.53 Å². The lowest BCUT2D eigenvalue weighted by Crippen LogP contribution is -2.20. The Bertz CT molecular complexity index is 400. The minimum Gasteiger partial charge on any atom is -0.461 e. The predicted molar refractivity (Wildman–Crippen MR) is 73.6 cm³/mol. The first-order chi connectivity index (χ1) is 8.63. The minimum absolute atomic E-state index is 0.352. The average molecular weight is 248 g/mol. The number of esters is 1. The third kappa shape index (κ3) is 4.99. The van der Waals surface area contributed by atoms with Gasteiger partial charge in [0.05, 0.1) is 12.3 Å². The summed E-state index contributed by atoms with van der Waals surface area (Å²) in [6, 6.07) is 9.52. The number of benzene rings is 1. The maximum Gasteiger partial charge on any atom is 0.354 e. The van der Waals surface area contributed by atoms with E-state index in [0.29, 0.717) is 24.7 Å². The van der Waals surface area contributed by atoms with E-state index in [9.17, 15) is 4.79 Å². The van der Waals surface area contributed by atoms with Crippen molar-refractivity contribution in [3.63, 3.8) is 0 Å². The molecule has 0 aliphatic carbocycles. The molecule has 0 fully saturated rings. The highest BCUT2D eigenvalue weighted by Crippen LogP contribution is 2.07. The molecule has 0 saturated carbocycles. The topological polar surface area (TPSA) is 50.7 Å². The summed E-state index contributed by atoms with van der Waals surface area (Å²) >= 11 is 0. The minimum atomic E-state index is -0.352. The molecule has 4 nitrogen and oxygen atoms in total. The van der Waals surface area contributed by atoms with Gasteiger partial charge in [-0.25, -0.2) is 4.79 Å². The Kier molecular flexibility index (Phi) is 5.91. The average Bonchev–Trinajstić information content (AvgIpc) is 2.35. The highest BCUT2D eigenvalue weighted by atomic mass is 16.5. The van der Waals surface area contributed by atoms with Crippen LogP contribution in [0.25, 0.3) is 0 Å².